The second-order valence-electron chi connectivity index (χ2n) is 4.77. The molecule has 1 amide bonds. The molecule has 2 aliphatic heterocycles. The molecule has 8 heteroatoms. The van der Waals surface area contributed by atoms with Crippen LogP contribution in [0.25, 0.3) is 11.0 Å². The summed E-state index contributed by atoms with van der Waals surface area (Å²) in [5.41, 5.74) is 0.454. The Kier molecular flexibility index (Phi) is 3.53. The molecule has 4 heterocycles. The predicted octanol–water partition coefficient (Wildman–Crippen LogP) is 2.64. The number of amides is 1. The number of thioether (sulfide) groups is 2. The maximum Gasteiger partial charge on any atom is 0.269 e. The van der Waals surface area contributed by atoms with Crippen molar-refractivity contribution in [1.82, 2.24) is 9.97 Å². The largest absolute Gasteiger partial charge is 0.368 e. The van der Waals surface area contributed by atoms with E-state index in [1.807, 2.05) is 0 Å². The molecule has 112 valence electrons. The summed E-state index contributed by atoms with van der Waals surface area (Å²) in [6, 6.07) is 5.14. The Bertz CT molecular complexity index is 827. The molecule has 1 N–H and O–H groups in total. The lowest BCUT2D eigenvalue weighted by atomic mass is 10.3. The summed E-state index contributed by atoms with van der Waals surface area (Å²) in [4.78, 5) is 23.8. The van der Waals surface area contributed by atoms with Gasteiger partial charge in [0, 0.05) is 23.1 Å². The van der Waals surface area contributed by atoms with Crippen LogP contribution in [0.3, 0.4) is 0 Å². The highest BCUT2D eigenvalue weighted by molar-refractivity contribution is 8.10. The van der Waals surface area contributed by atoms with Gasteiger partial charge in [-0.05, 0) is 18.2 Å². The first-order chi connectivity index (χ1) is 10.7. The first-order valence-electron chi connectivity index (χ1n) is 6.59. The summed E-state index contributed by atoms with van der Waals surface area (Å²) in [6.07, 6.45) is 0.600. The van der Waals surface area contributed by atoms with Crippen LogP contribution < -0.4 is 4.90 Å². The zero-order valence-corrected chi connectivity index (χ0v) is 13.6. The van der Waals surface area contributed by atoms with Crippen molar-refractivity contribution in [2.45, 2.75) is 6.23 Å². The molecule has 5 nitrogen and oxygen atoms in total. The van der Waals surface area contributed by atoms with Crippen molar-refractivity contribution >= 4 is 57.9 Å². The number of carbonyl (C=O) groups is 1. The van der Waals surface area contributed by atoms with Gasteiger partial charge < -0.3 is 5.11 Å². The number of hydrogen-bond donors (Lipinski definition) is 1. The van der Waals surface area contributed by atoms with Crippen molar-refractivity contribution in [2.75, 3.05) is 16.4 Å². The fourth-order valence-electron chi connectivity index (χ4n) is 2.48. The second kappa shape index (κ2) is 5.42. The third kappa shape index (κ3) is 2.11. The molecule has 1 atom stereocenters. The Morgan fingerprint density at radius 1 is 1.27 bits per heavy atom. The Balaban J connectivity index is 1.78. The van der Waals surface area contributed by atoms with Crippen LogP contribution in [0.4, 0.5) is 5.82 Å². The molecule has 2 aromatic rings. The number of carbonyl (C=O) groups excluding carboxylic acids is 1. The first kappa shape index (κ1) is 14.3. The fourth-order valence-corrected chi connectivity index (χ4v) is 5.07. The van der Waals surface area contributed by atoms with E-state index in [9.17, 15) is 9.90 Å². The van der Waals surface area contributed by atoms with E-state index < -0.39 is 6.23 Å². The van der Waals surface area contributed by atoms with Gasteiger partial charge >= 0.3 is 0 Å². The Labute approximate surface area is 139 Å². The standard InChI is InChI=1S/C14H10ClN3O2S2/c15-8-3-4-16-12-7(8)1-2-9(17-12)18-13(19)10-11(14(18)20)22-6-5-21-10/h1-4,13,19H,5-6H2. The Morgan fingerprint density at radius 2 is 2.09 bits per heavy atom. The Hall–Kier alpha value is -1.28. The van der Waals surface area contributed by atoms with Gasteiger partial charge in [-0.2, -0.15) is 0 Å². The van der Waals surface area contributed by atoms with Gasteiger partial charge in [-0.15, -0.1) is 23.5 Å². The van der Waals surface area contributed by atoms with Crippen LogP contribution in [-0.2, 0) is 4.79 Å². The Morgan fingerprint density at radius 3 is 2.91 bits per heavy atom. The summed E-state index contributed by atoms with van der Waals surface area (Å²) in [7, 11) is 0. The van der Waals surface area contributed by atoms with E-state index >= 15 is 0 Å². The molecule has 0 spiro atoms. The number of pyridine rings is 2. The van der Waals surface area contributed by atoms with Gasteiger partial charge in [0.2, 0.25) is 0 Å². The van der Waals surface area contributed by atoms with E-state index in [2.05, 4.69) is 9.97 Å². The molecule has 0 saturated carbocycles. The summed E-state index contributed by atoms with van der Waals surface area (Å²) in [5, 5.41) is 11.7. The summed E-state index contributed by atoms with van der Waals surface area (Å²) in [6.45, 7) is 0. The summed E-state index contributed by atoms with van der Waals surface area (Å²) in [5.74, 6) is 1.95. The van der Waals surface area contributed by atoms with Crippen molar-refractivity contribution in [3.63, 3.8) is 0 Å². The van der Waals surface area contributed by atoms with E-state index in [-0.39, 0.29) is 5.91 Å². The SMILES string of the molecule is O=C1C2=C(SCCS2)C(O)N1c1ccc2c(Cl)ccnc2n1. The molecular formula is C14H10ClN3O2S2. The average Bonchev–Trinajstić information content (AvgIpc) is 2.79. The lowest BCUT2D eigenvalue weighted by Gasteiger charge is -2.21. The van der Waals surface area contributed by atoms with E-state index in [4.69, 9.17) is 11.6 Å². The normalized spacial score (nSPS) is 21.6. The number of anilines is 1. The van der Waals surface area contributed by atoms with Crippen molar-refractivity contribution in [3.05, 3.63) is 39.2 Å². The molecule has 0 bridgehead atoms. The highest BCUT2D eigenvalue weighted by Crippen LogP contribution is 2.44. The maximum atomic E-state index is 12.5. The number of nitrogens with zero attached hydrogens (tertiary/aromatic N) is 3. The van der Waals surface area contributed by atoms with Crippen molar-refractivity contribution < 1.29 is 9.90 Å². The lowest BCUT2D eigenvalue weighted by Crippen LogP contribution is -2.35. The molecule has 2 aromatic heterocycles. The lowest BCUT2D eigenvalue weighted by molar-refractivity contribution is -0.115. The van der Waals surface area contributed by atoms with Gasteiger partial charge in [0.05, 0.1) is 14.8 Å². The smallest absolute Gasteiger partial charge is 0.269 e. The minimum absolute atomic E-state index is 0.200. The highest BCUT2D eigenvalue weighted by atomic mass is 35.5. The zero-order chi connectivity index (χ0) is 15.3. The molecule has 0 radical (unpaired) electrons. The molecule has 0 fully saturated rings. The average molecular weight is 352 g/mol. The van der Waals surface area contributed by atoms with Gasteiger partial charge in [0.1, 0.15) is 5.82 Å². The van der Waals surface area contributed by atoms with Crippen LogP contribution in [0.5, 0.6) is 0 Å². The maximum absolute atomic E-state index is 12.5. The second-order valence-corrected chi connectivity index (χ2v) is 7.42. The molecule has 22 heavy (non-hydrogen) atoms. The van der Waals surface area contributed by atoms with Crippen molar-refractivity contribution in [2.24, 2.45) is 0 Å². The first-order valence-corrected chi connectivity index (χ1v) is 8.94. The van der Waals surface area contributed by atoms with Crippen LogP contribution in [0.15, 0.2) is 34.2 Å². The van der Waals surface area contributed by atoms with Gasteiger partial charge in [0.25, 0.3) is 5.91 Å². The topological polar surface area (TPSA) is 66.3 Å². The summed E-state index contributed by atoms with van der Waals surface area (Å²) < 4.78 is 0. The van der Waals surface area contributed by atoms with Crippen LogP contribution in [0.2, 0.25) is 5.02 Å². The van der Waals surface area contributed by atoms with Crippen LogP contribution in [0.1, 0.15) is 0 Å². The van der Waals surface area contributed by atoms with E-state index in [1.165, 1.54) is 28.4 Å². The van der Waals surface area contributed by atoms with E-state index in [0.29, 0.717) is 21.4 Å². The molecular weight excluding hydrogens is 342 g/mol. The fraction of sp³-hybridized carbons (Fsp3) is 0.214. The van der Waals surface area contributed by atoms with Gasteiger partial charge in [-0.25, -0.2) is 9.97 Å². The van der Waals surface area contributed by atoms with Crippen LogP contribution in [-0.4, -0.2) is 38.7 Å². The van der Waals surface area contributed by atoms with Crippen LogP contribution >= 0.6 is 35.1 Å². The molecule has 0 aliphatic carbocycles. The van der Waals surface area contributed by atoms with E-state index in [1.54, 1.807) is 24.4 Å². The minimum Gasteiger partial charge on any atom is -0.368 e. The monoisotopic (exact) mass is 351 g/mol. The molecule has 4 rings (SSSR count). The number of aromatic nitrogens is 2. The number of aliphatic hydroxyl groups excluding tert-OH is 1. The van der Waals surface area contributed by atoms with Crippen molar-refractivity contribution in [1.29, 1.82) is 0 Å². The van der Waals surface area contributed by atoms with Crippen molar-refractivity contribution in [3.8, 4) is 0 Å². The van der Waals surface area contributed by atoms with Crippen LogP contribution in [0, 0.1) is 0 Å². The summed E-state index contributed by atoms with van der Waals surface area (Å²) >= 11 is 9.13. The molecule has 0 aromatic carbocycles. The number of hydrogen-bond acceptors (Lipinski definition) is 6. The zero-order valence-electron chi connectivity index (χ0n) is 11.2. The number of halogens is 1. The molecule has 0 saturated heterocycles. The minimum atomic E-state index is -0.968. The predicted molar refractivity (Wildman–Crippen MR) is 90.0 cm³/mol. The van der Waals surface area contributed by atoms with Gasteiger partial charge in [0.15, 0.2) is 11.9 Å². The highest BCUT2D eigenvalue weighted by Gasteiger charge is 2.41. The quantitative estimate of drug-likeness (QED) is 0.852. The van der Waals surface area contributed by atoms with E-state index in [0.717, 1.165) is 21.8 Å². The third-order valence-electron chi connectivity index (χ3n) is 3.49. The molecule has 1 unspecified atom stereocenters. The number of fused-ring (bicyclic) bond motifs is 1. The third-order valence-corrected chi connectivity index (χ3v) is 6.43. The van der Waals surface area contributed by atoms with Gasteiger partial charge in [-0.3, -0.25) is 9.69 Å². The van der Waals surface area contributed by atoms with Gasteiger partial charge in [-0.1, -0.05) is 11.6 Å². The number of rotatable bonds is 1. The number of aliphatic hydroxyl groups is 1. The molecule has 2 aliphatic rings.